The van der Waals surface area contributed by atoms with Crippen LogP contribution in [0.5, 0.6) is 0 Å². The van der Waals surface area contributed by atoms with Gasteiger partial charge in [-0.15, -0.1) is 11.3 Å². The molecule has 0 aromatic carbocycles. The Morgan fingerprint density at radius 1 is 1.50 bits per heavy atom. The van der Waals surface area contributed by atoms with E-state index in [2.05, 4.69) is 22.5 Å². The Bertz CT molecular complexity index is 387. The number of ketones is 1. The van der Waals surface area contributed by atoms with E-state index in [9.17, 15) is 4.79 Å². The first-order valence-corrected chi connectivity index (χ1v) is 6.49. The lowest BCUT2D eigenvalue weighted by atomic mass is 9.88. The molecule has 1 fully saturated rings. The summed E-state index contributed by atoms with van der Waals surface area (Å²) in [5.41, 5.74) is 1.01. The monoisotopic (exact) mass is 236 g/mol. The Labute approximate surface area is 99.6 Å². The van der Waals surface area contributed by atoms with Gasteiger partial charge in [-0.25, -0.2) is 4.98 Å². The van der Waals surface area contributed by atoms with E-state index in [0.29, 0.717) is 11.7 Å². The molecule has 1 heterocycles. The van der Waals surface area contributed by atoms with Gasteiger partial charge in [-0.1, -0.05) is 6.08 Å². The van der Waals surface area contributed by atoms with Crippen LogP contribution >= 0.6 is 11.3 Å². The molecule has 0 unspecified atom stereocenters. The van der Waals surface area contributed by atoms with Crippen molar-refractivity contribution in [2.24, 2.45) is 5.92 Å². The molecule has 0 radical (unpaired) electrons. The minimum atomic E-state index is 0.413. The molecular formula is C12H16N2OS. The van der Waals surface area contributed by atoms with Gasteiger partial charge in [0, 0.05) is 25.3 Å². The number of Topliss-reactive ketones (excluding diaryl/α,β-unsaturated/α-hetero) is 1. The van der Waals surface area contributed by atoms with Crippen LogP contribution in [0.4, 0.5) is 5.13 Å². The van der Waals surface area contributed by atoms with E-state index in [1.807, 2.05) is 12.4 Å². The van der Waals surface area contributed by atoms with Gasteiger partial charge in [0.15, 0.2) is 5.13 Å². The Morgan fingerprint density at radius 3 is 2.88 bits per heavy atom. The maximum absolute atomic E-state index is 11.1. The smallest absolute Gasteiger partial charge is 0.182 e. The molecule has 16 heavy (non-hydrogen) atoms. The molecule has 0 bridgehead atoms. The van der Waals surface area contributed by atoms with Crippen molar-refractivity contribution in [2.45, 2.75) is 25.7 Å². The molecule has 0 aliphatic heterocycles. The maximum atomic E-state index is 11.1. The molecular weight excluding hydrogens is 220 g/mol. The summed E-state index contributed by atoms with van der Waals surface area (Å²) in [6.45, 7) is 0. The molecule has 1 aromatic heterocycles. The Morgan fingerprint density at radius 2 is 2.25 bits per heavy atom. The minimum absolute atomic E-state index is 0.413. The van der Waals surface area contributed by atoms with E-state index >= 15 is 0 Å². The van der Waals surface area contributed by atoms with Crippen LogP contribution in [0.3, 0.4) is 0 Å². The number of nitrogens with zero attached hydrogens (tertiary/aromatic N) is 1. The third-order valence-electron chi connectivity index (χ3n) is 2.86. The summed E-state index contributed by atoms with van der Waals surface area (Å²) in [4.78, 5) is 15.5. The quantitative estimate of drug-likeness (QED) is 0.877. The fraction of sp³-hybridized carbons (Fsp3) is 0.500. The molecule has 2 rings (SSSR count). The van der Waals surface area contributed by atoms with Crippen LogP contribution in [0.15, 0.2) is 11.5 Å². The van der Waals surface area contributed by atoms with Crippen LogP contribution in [0.1, 0.15) is 31.4 Å². The zero-order chi connectivity index (χ0) is 11.4. The number of hydrogen-bond acceptors (Lipinski definition) is 4. The molecule has 4 heteroatoms. The number of rotatable bonds is 3. The average molecular weight is 236 g/mol. The molecule has 1 aliphatic carbocycles. The zero-order valence-electron chi connectivity index (χ0n) is 9.40. The summed E-state index contributed by atoms with van der Waals surface area (Å²) in [7, 11) is 1.87. The molecule has 86 valence electrons. The van der Waals surface area contributed by atoms with Crippen LogP contribution < -0.4 is 5.32 Å². The molecule has 3 nitrogen and oxygen atoms in total. The summed E-state index contributed by atoms with van der Waals surface area (Å²) < 4.78 is 0. The highest BCUT2D eigenvalue weighted by atomic mass is 32.1. The van der Waals surface area contributed by atoms with Gasteiger partial charge in [0.2, 0.25) is 0 Å². The van der Waals surface area contributed by atoms with Gasteiger partial charge in [-0.3, -0.25) is 4.79 Å². The second kappa shape index (κ2) is 5.25. The number of carbonyl (C=O) groups excluding carboxylic acids is 1. The second-order valence-electron chi connectivity index (χ2n) is 4.06. The predicted octanol–water partition coefficient (Wildman–Crippen LogP) is 2.96. The van der Waals surface area contributed by atoms with Gasteiger partial charge in [0.1, 0.15) is 5.78 Å². The highest BCUT2D eigenvalue weighted by molar-refractivity contribution is 7.13. The van der Waals surface area contributed by atoms with Gasteiger partial charge in [-0.2, -0.15) is 0 Å². The van der Waals surface area contributed by atoms with Crippen molar-refractivity contribution in [1.29, 1.82) is 0 Å². The lowest BCUT2D eigenvalue weighted by molar-refractivity contribution is -0.120. The van der Waals surface area contributed by atoms with E-state index in [1.165, 1.54) is 0 Å². The molecule has 0 spiro atoms. The molecule has 1 N–H and O–H groups in total. The van der Waals surface area contributed by atoms with Gasteiger partial charge in [0.05, 0.1) is 5.69 Å². The molecule has 1 saturated carbocycles. The minimum Gasteiger partial charge on any atom is -0.365 e. The molecule has 1 aromatic rings. The SMILES string of the molecule is CNc1nc(/C=C/C2CCC(=O)CC2)cs1. The van der Waals surface area contributed by atoms with Crippen molar-refractivity contribution in [3.63, 3.8) is 0 Å². The van der Waals surface area contributed by atoms with Crippen molar-refractivity contribution in [1.82, 2.24) is 4.98 Å². The molecule has 0 atom stereocenters. The standard InChI is InChI=1S/C12H16N2OS/c1-13-12-14-10(8-16-12)5-2-9-3-6-11(15)7-4-9/h2,5,8-9H,3-4,6-7H2,1H3,(H,13,14)/b5-2+. The summed E-state index contributed by atoms with van der Waals surface area (Å²) in [5, 5.41) is 6.00. The third kappa shape index (κ3) is 2.92. The lowest BCUT2D eigenvalue weighted by Crippen LogP contribution is -2.11. The van der Waals surface area contributed by atoms with E-state index in [4.69, 9.17) is 0 Å². The molecule has 0 saturated heterocycles. The first kappa shape index (κ1) is 11.3. The molecule has 0 amide bonds. The zero-order valence-corrected chi connectivity index (χ0v) is 10.2. The summed E-state index contributed by atoms with van der Waals surface area (Å²) in [6.07, 6.45) is 7.75. The van der Waals surface area contributed by atoms with E-state index in [-0.39, 0.29) is 0 Å². The fourth-order valence-corrected chi connectivity index (χ4v) is 2.51. The third-order valence-corrected chi connectivity index (χ3v) is 3.74. The average Bonchev–Trinajstić information content (AvgIpc) is 2.76. The van der Waals surface area contributed by atoms with Crippen molar-refractivity contribution < 1.29 is 4.79 Å². The summed E-state index contributed by atoms with van der Waals surface area (Å²) in [5.74, 6) is 0.966. The second-order valence-corrected chi connectivity index (χ2v) is 4.92. The van der Waals surface area contributed by atoms with Crippen LogP contribution in [-0.4, -0.2) is 17.8 Å². The van der Waals surface area contributed by atoms with Gasteiger partial charge < -0.3 is 5.32 Å². The Balaban J connectivity index is 1.91. The number of aromatic nitrogens is 1. The van der Waals surface area contributed by atoms with Crippen molar-refractivity contribution in [2.75, 3.05) is 12.4 Å². The summed E-state index contributed by atoms with van der Waals surface area (Å²) in [6, 6.07) is 0. The number of allylic oxidation sites excluding steroid dienone is 1. The van der Waals surface area contributed by atoms with Crippen LogP contribution in [0, 0.1) is 5.92 Å². The van der Waals surface area contributed by atoms with Crippen molar-refractivity contribution in [3.8, 4) is 0 Å². The molecule has 1 aliphatic rings. The number of anilines is 1. The van der Waals surface area contributed by atoms with Crippen LogP contribution in [-0.2, 0) is 4.79 Å². The first-order chi connectivity index (χ1) is 7.78. The Hall–Kier alpha value is -1.16. The maximum Gasteiger partial charge on any atom is 0.182 e. The predicted molar refractivity (Wildman–Crippen MR) is 67.7 cm³/mol. The van der Waals surface area contributed by atoms with Crippen LogP contribution in [0.25, 0.3) is 6.08 Å². The van der Waals surface area contributed by atoms with E-state index in [1.54, 1.807) is 11.3 Å². The van der Waals surface area contributed by atoms with Crippen molar-refractivity contribution in [3.05, 3.63) is 17.2 Å². The van der Waals surface area contributed by atoms with Gasteiger partial charge in [-0.05, 0) is 24.8 Å². The van der Waals surface area contributed by atoms with Gasteiger partial charge >= 0.3 is 0 Å². The first-order valence-electron chi connectivity index (χ1n) is 5.61. The number of hydrogen-bond donors (Lipinski definition) is 1. The largest absolute Gasteiger partial charge is 0.365 e. The topological polar surface area (TPSA) is 42.0 Å². The number of thiazole rings is 1. The highest BCUT2D eigenvalue weighted by Crippen LogP contribution is 2.24. The normalized spacial score (nSPS) is 18.2. The van der Waals surface area contributed by atoms with Gasteiger partial charge in [0.25, 0.3) is 0 Å². The highest BCUT2D eigenvalue weighted by Gasteiger charge is 2.15. The van der Waals surface area contributed by atoms with Crippen molar-refractivity contribution >= 4 is 28.3 Å². The lowest BCUT2D eigenvalue weighted by Gasteiger charge is -2.16. The van der Waals surface area contributed by atoms with Crippen LogP contribution in [0.2, 0.25) is 0 Å². The Kier molecular flexibility index (Phi) is 3.72. The van der Waals surface area contributed by atoms with E-state index in [0.717, 1.165) is 36.5 Å². The number of carbonyl (C=O) groups is 1. The van der Waals surface area contributed by atoms with E-state index < -0.39 is 0 Å². The summed E-state index contributed by atoms with van der Waals surface area (Å²) >= 11 is 1.61. The fourth-order valence-electron chi connectivity index (χ4n) is 1.87. The number of nitrogens with one attached hydrogen (secondary N) is 1.